The van der Waals surface area contributed by atoms with E-state index < -0.39 is 0 Å². The summed E-state index contributed by atoms with van der Waals surface area (Å²) in [7, 11) is 0. The van der Waals surface area contributed by atoms with Crippen molar-refractivity contribution in [2.45, 2.75) is 19.8 Å². The molecule has 2 N–H and O–H groups in total. The number of hydrogen-bond donors (Lipinski definition) is 2. The van der Waals surface area contributed by atoms with Gasteiger partial charge in [0.2, 0.25) is 0 Å². The van der Waals surface area contributed by atoms with Crippen LogP contribution in [0.1, 0.15) is 39.2 Å². The molecule has 1 aromatic heterocycles. The molecular weight excluding hydrogens is 380 g/mol. The minimum absolute atomic E-state index is 0.163. The van der Waals surface area contributed by atoms with Crippen molar-refractivity contribution < 1.29 is 9.59 Å². The maximum absolute atomic E-state index is 12.8. The fraction of sp³-hybridized carbons (Fsp3) is 0.167. The first kappa shape index (κ1) is 20.6. The average molecular weight is 405 g/mol. The Hall–Kier alpha value is -3.18. The fourth-order valence-electron chi connectivity index (χ4n) is 2.90. The van der Waals surface area contributed by atoms with E-state index >= 15 is 0 Å². The third kappa shape index (κ3) is 5.90. The Bertz CT molecular complexity index is 995. The van der Waals surface area contributed by atoms with Crippen LogP contribution in [0.5, 0.6) is 0 Å². The van der Waals surface area contributed by atoms with Crippen LogP contribution in [0.2, 0.25) is 0 Å². The van der Waals surface area contributed by atoms with Gasteiger partial charge >= 0.3 is 0 Å². The first-order valence-corrected chi connectivity index (χ1v) is 10.4. The van der Waals surface area contributed by atoms with E-state index in [1.165, 1.54) is 11.3 Å². The SMILES string of the molecule is Cc1cccc(C(=O)N/C(=C\c2cccs2)C(=O)NC[C@H](C)c2ccccc2)c1. The molecular formula is C24H24N2O2S. The van der Waals surface area contributed by atoms with Crippen LogP contribution in [0.4, 0.5) is 0 Å². The highest BCUT2D eigenvalue weighted by Crippen LogP contribution is 2.15. The molecule has 3 aromatic rings. The highest BCUT2D eigenvalue weighted by molar-refractivity contribution is 7.10. The number of amides is 2. The van der Waals surface area contributed by atoms with Crippen molar-refractivity contribution in [1.29, 1.82) is 0 Å². The van der Waals surface area contributed by atoms with E-state index in [4.69, 9.17) is 0 Å². The van der Waals surface area contributed by atoms with Crippen LogP contribution >= 0.6 is 11.3 Å². The maximum Gasteiger partial charge on any atom is 0.267 e. The third-order valence-electron chi connectivity index (χ3n) is 4.54. The summed E-state index contributed by atoms with van der Waals surface area (Å²) in [5, 5.41) is 7.65. The molecule has 2 amide bonds. The van der Waals surface area contributed by atoms with Crippen LogP contribution < -0.4 is 10.6 Å². The molecule has 0 aliphatic carbocycles. The van der Waals surface area contributed by atoms with Gasteiger partial charge in [-0.15, -0.1) is 11.3 Å². The summed E-state index contributed by atoms with van der Waals surface area (Å²) in [4.78, 5) is 26.4. The number of carbonyl (C=O) groups is 2. The summed E-state index contributed by atoms with van der Waals surface area (Å²) in [6.07, 6.45) is 1.71. The van der Waals surface area contributed by atoms with Crippen molar-refractivity contribution in [3.63, 3.8) is 0 Å². The van der Waals surface area contributed by atoms with E-state index in [2.05, 4.69) is 17.6 Å². The zero-order chi connectivity index (χ0) is 20.6. The van der Waals surface area contributed by atoms with Gasteiger partial charge in [-0.1, -0.05) is 61.0 Å². The van der Waals surface area contributed by atoms with Crippen LogP contribution in [0.3, 0.4) is 0 Å². The minimum Gasteiger partial charge on any atom is -0.350 e. The molecule has 0 spiro atoms. The Balaban J connectivity index is 1.73. The highest BCUT2D eigenvalue weighted by Gasteiger charge is 2.16. The van der Waals surface area contributed by atoms with Gasteiger partial charge in [-0.2, -0.15) is 0 Å². The van der Waals surface area contributed by atoms with Gasteiger partial charge in [0, 0.05) is 17.0 Å². The number of nitrogens with one attached hydrogen (secondary N) is 2. The third-order valence-corrected chi connectivity index (χ3v) is 5.36. The number of aryl methyl sites for hydroxylation is 1. The van der Waals surface area contributed by atoms with Gasteiger partial charge in [-0.05, 0) is 48.1 Å². The molecule has 0 fully saturated rings. The molecule has 0 saturated carbocycles. The Morgan fingerprint density at radius 3 is 2.52 bits per heavy atom. The lowest BCUT2D eigenvalue weighted by atomic mass is 10.0. The lowest BCUT2D eigenvalue weighted by molar-refractivity contribution is -0.117. The lowest BCUT2D eigenvalue weighted by Gasteiger charge is -2.15. The number of rotatable bonds is 7. The van der Waals surface area contributed by atoms with E-state index in [1.54, 1.807) is 18.2 Å². The van der Waals surface area contributed by atoms with E-state index in [9.17, 15) is 9.59 Å². The molecule has 4 nitrogen and oxygen atoms in total. The first-order valence-electron chi connectivity index (χ1n) is 9.49. The summed E-state index contributed by atoms with van der Waals surface area (Å²) >= 11 is 1.51. The number of hydrogen-bond acceptors (Lipinski definition) is 3. The Labute approximate surface area is 175 Å². The molecule has 0 aliphatic heterocycles. The molecule has 0 bridgehead atoms. The van der Waals surface area contributed by atoms with Crippen molar-refractivity contribution in [3.05, 3.63) is 99.4 Å². The van der Waals surface area contributed by atoms with Crippen molar-refractivity contribution in [2.24, 2.45) is 0 Å². The summed E-state index contributed by atoms with van der Waals surface area (Å²) < 4.78 is 0. The topological polar surface area (TPSA) is 58.2 Å². The average Bonchev–Trinajstić information content (AvgIpc) is 3.25. The van der Waals surface area contributed by atoms with E-state index in [0.29, 0.717) is 12.1 Å². The highest BCUT2D eigenvalue weighted by atomic mass is 32.1. The molecule has 0 unspecified atom stereocenters. The van der Waals surface area contributed by atoms with Gasteiger partial charge in [-0.25, -0.2) is 0 Å². The van der Waals surface area contributed by atoms with E-state index in [-0.39, 0.29) is 23.4 Å². The second kappa shape index (κ2) is 9.85. The molecule has 29 heavy (non-hydrogen) atoms. The second-order valence-electron chi connectivity index (χ2n) is 6.92. The summed E-state index contributed by atoms with van der Waals surface area (Å²) in [5.74, 6) is -0.444. The van der Waals surface area contributed by atoms with Crippen molar-refractivity contribution in [1.82, 2.24) is 10.6 Å². The summed E-state index contributed by atoms with van der Waals surface area (Å²) in [5.41, 5.74) is 2.90. The second-order valence-corrected chi connectivity index (χ2v) is 7.90. The normalized spacial score (nSPS) is 12.3. The number of benzene rings is 2. The van der Waals surface area contributed by atoms with Gasteiger partial charge in [-0.3, -0.25) is 9.59 Å². The molecule has 148 valence electrons. The predicted molar refractivity (Wildman–Crippen MR) is 119 cm³/mol. The fourth-order valence-corrected chi connectivity index (χ4v) is 3.55. The van der Waals surface area contributed by atoms with Crippen LogP contribution in [0.15, 0.2) is 77.8 Å². The Morgan fingerprint density at radius 1 is 1.03 bits per heavy atom. The zero-order valence-corrected chi connectivity index (χ0v) is 17.3. The first-order chi connectivity index (χ1) is 14.0. The van der Waals surface area contributed by atoms with Gasteiger partial charge < -0.3 is 10.6 Å². The smallest absolute Gasteiger partial charge is 0.267 e. The van der Waals surface area contributed by atoms with E-state index in [0.717, 1.165) is 16.0 Å². The molecule has 0 radical (unpaired) electrons. The van der Waals surface area contributed by atoms with Crippen molar-refractivity contribution >= 4 is 29.2 Å². The Morgan fingerprint density at radius 2 is 1.83 bits per heavy atom. The molecule has 2 aromatic carbocycles. The Kier molecular flexibility index (Phi) is 6.98. The number of carbonyl (C=O) groups excluding carboxylic acids is 2. The van der Waals surface area contributed by atoms with Crippen molar-refractivity contribution in [2.75, 3.05) is 6.54 Å². The molecule has 3 rings (SSSR count). The summed E-state index contributed by atoms with van der Waals surface area (Å²) in [6, 6.07) is 21.1. The molecule has 1 heterocycles. The summed E-state index contributed by atoms with van der Waals surface area (Å²) in [6.45, 7) is 4.46. The number of thiophene rings is 1. The molecule has 0 aliphatic rings. The van der Waals surface area contributed by atoms with Gasteiger partial charge in [0.1, 0.15) is 5.70 Å². The van der Waals surface area contributed by atoms with Crippen LogP contribution in [-0.4, -0.2) is 18.4 Å². The van der Waals surface area contributed by atoms with Crippen molar-refractivity contribution in [3.8, 4) is 0 Å². The van der Waals surface area contributed by atoms with Crippen LogP contribution in [0, 0.1) is 6.92 Å². The maximum atomic E-state index is 12.8. The zero-order valence-electron chi connectivity index (χ0n) is 16.5. The van der Waals surface area contributed by atoms with E-state index in [1.807, 2.05) is 66.9 Å². The molecule has 1 atom stereocenters. The van der Waals surface area contributed by atoms with Gasteiger partial charge in [0.25, 0.3) is 11.8 Å². The minimum atomic E-state index is -0.304. The molecule has 5 heteroatoms. The van der Waals surface area contributed by atoms with Crippen LogP contribution in [-0.2, 0) is 4.79 Å². The van der Waals surface area contributed by atoms with Crippen LogP contribution in [0.25, 0.3) is 6.08 Å². The van der Waals surface area contributed by atoms with Gasteiger partial charge in [0.15, 0.2) is 0 Å². The standard InChI is InChI=1S/C24H24N2O2S/c1-17-8-6-11-20(14-17)23(27)26-22(15-21-12-7-13-29-21)24(28)25-16-18(2)19-9-4-3-5-10-19/h3-15,18H,16H2,1-2H3,(H,25,28)(H,26,27)/b22-15-/t18-/m0/s1. The monoisotopic (exact) mass is 404 g/mol. The quantitative estimate of drug-likeness (QED) is 0.559. The van der Waals surface area contributed by atoms with Gasteiger partial charge in [0.05, 0.1) is 0 Å². The molecule has 0 saturated heterocycles. The largest absolute Gasteiger partial charge is 0.350 e. The predicted octanol–water partition coefficient (Wildman–Crippen LogP) is 4.75. The lowest BCUT2D eigenvalue weighted by Crippen LogP contribution is -2.36.